The molecule has 0 unspecified atom stereocenters. The van der Waals surface area contributed by atoms with Crippen LogP contribution in [0.2, 0.25) is 0 Å². The lowest BCUT2D eigenvalue weighted by atomic mass is 10.1. The minimum absolute atomic E-state index is 0.0566. The highest BCUT2D eigenvalue weighted by atomic mass is 19.3. The Labute approximate surface area is 91.2 Å². The first-order valence-electron chi connectivity index (χ1n) is 5.71. The van der Waals surface area contributed by atoms with Crippen LogP contribution in [0.1, 0.15) is 26.7 Å². The second kappa shape index (κ2) is 5.21. The van der Waals surface area contributed by atoms with Crippen LogP contribution < -0.4 is 0 Å². The summed E-state index contributed by atoms with van der Waals surface area (Å²) < 4.78 is 26.2. The van der Waals surface area contributed by atoms with E-state index in [9.17, 15) is 8.78 Å². The van der Waals surface area contributed by atoms with Crippen LogP contribution >= 0.6 is 0 Å². The fraction of sp³-hybridized carbons (Fsp3) is 1.00. The maximum Gasteiger partial charge on any atom is 0.260 e. The van der Waals surface area contributed by atoms with Crippen LogP contribution in [0.3, 0.4) is 0 Å². The Hall–Kier alpha value is -0.220. The maximum absolute atomic E-state index is 13.1. The molecule has 0 aromatic carbocycles. The summed E-state index contributed by atoms with van der Waals surface area (Å²) in [7, 11) is 2.03. The standard InChI is InChI=1S/C11H22F2N2/c1-10(2)14(3)7-8-15-6-4-5-11(12,13)9-15/h10H,4-9H2,1-3H3. The number of hydrogen-bond acceptors (Lipinski definition) is 2. The Bertz CT molecular complexity index is 195. The van der Waals surface area contributed by atoms with E-state index in [1.54, 1.807) is 0 Å². The molecule has 0 radical (unpaired) electrons. The molecule has 90 valence electrons. The minimum Gasteiger partial charge on any atom is -0.303 e. The summed E-state index contributed by atoms with van der Waals surface area (Å²) in [6.45, 7) is 6.62. The smallest absolute Gasteiger partial charge is 0.260 e. The van der Waals surface area contributed by atoms with Crippen molar-refractivity contribution in [1.82, 2.24) is 9.80 Å². The summed E-state index contributed by atoms with van der Waals surface area (Å²) in [5, 5.41) is 0. The molecule has 0 atom stereocenters. The fourth-order valence-corrected chi connectivity index (χ4v) is 1.79. The number of hydrogen-bond donors (Lipinski definition) is 0. The van der Waals surface area contributed by atoms with Crippen molar-refractivity contribution in [1.29, 1.82) is 0 Å². The van der Waals surface area contributed by atoms with Crippen LogP contribution in [0.15, 0.2) is 0 Å². The highest BCUT2D eigenvalue weighted by Crippen LogP contribution is 2.26. The first-order valence-corrected chi connectivity index (χ1v) is 5.71. The first kappa shape index (κ1) is 12.8. The molecular formula is C11H22F2N2. The molecule has 1 aliphatic rings. The topological polar surface area (TPSA) is 6.48 Å². The molecule has 1 rings (SSSR count). The van der Waals surface area contributed by atoms with Crippen LogP contribution in [0.4, 0.5) is 8.78 Å². The van der Waals surface area contributed by atoms with Crippen molar-refractivity contribution in [2.75, 3.05) is 33.2 Å². The van der Waals surface area contributed by atoms with Crippen LogP contribution in [0.5, 0.6) is 0 Å². The van der Waals surface area contributed by atoms with Gasteiger partial charge < -0.3 is 4.90 Å². The monoisotopic (exact) mass is 220 g/mol. The van der Waals surface area contributed by atoms with Gasteiger partial charge in [-0.3, -0.25) is 4.90 Å². The Balaban J connectivity index is 2.27. The number of alkyl halides is 2. The van der Waals surface area contributed by atoms with E-state index >= 15 is 0 Å². The van der Waals surface area contributed by atoms with Gasteiger partial charge in [0.05, 0.1) is 6.54 Å². The molecule has 0 aliphatic carbocycles. The van der Waals surface area contributed by atoms with E-state index in [0.717, 1.165) is 19.6 Å². The summed E-state index contributed by atoms with van der Waals surface area (Å²) in [4.78, 5) is 4.06. The van der Waals surface area contributed by atoms with Gasteiger partial charge in [-0.1, -0.05) is 0 Å². The number of likely N-dealkylation sites (tertiary alicyclic amines) is 1. The predicted octanol–water partition coefficient (Wildman–Crippen LogP) is 2.06. The summed E-state index contributed by atoms with van der Waals surface area (Å²) in [6, 6.07) is 0.482. The van der Waals surface area contributed by atoms with E-state index in [1.165, 1.54) is 0 Å². The predicted molar refractivity (Wildman–Crippen MR) is 58.4 cm³/mol. The van der Waals surface area contributed by atoms with Gasteiger partial charge in [-0.15, -0.1) is 0 Å². The third-order valence-electron chi connectivity index (χ3n) is 3.12. The van der Waals surface area contributed by atoms with Gasteiger partial charge in [-0.2, -0.15) is 0 Å². The van der Waals surface area contributed by atoms with Gasteiger partial charge in [0, 0.05) is 25.6 Å². The van der Waals surface area contributed by atoms with Gasteiger partial charge in [-0.25, -0.2) is 8.78 Å². The maximum atomic E-state index is 13.1. The van der Waals surface area contributed by atoms with Crippen LogP contribution in [-0.4, -0.2) is 55.0 Å². The van der Waals surface area contributed by atoms with Crippen molar-refractivity contribution in [2.24, 2.45) is 0 Å². The van der Waals surface area contributed by atoms with E-state index in [1.807, 2.05) is 11.9 Å². The molecule has 1 heterocycles. The second-order valence-corrected chi connectivity index (χ2v) is 4.81. The highest BCUT2D eigenvalue weighted by molar-refractivity contribution is 4.79. The lowest BCUT2D eigenvalue weighted by Gasteiger charge is -2.34. The van der Waals surface area contributed by atoms with E-state index in [-0.39, 0.29) is 13.0 Å². The number of likely N-dealkylation sites (N-methyl/N-ethyl adjacent to an activating group) is 1. The Morgan fingerprint density at radius 1 is 1.40 bits per heavy atom. The van der Waals surface area contributed by atoms with Crippen molar-refractivity contribution in [3.05, 3.63) is 0 Å². The third kappa shape index (κ3) is 4.43. The van der Waals surface area contributed by atoms with Gasteiger partial charge >= 0.3 is 0 Å². The van der Waals surface area contributed by atoms with Crippen molar-refractivity contribution < 1.29 is 8.78 Å². The van der Waals surface area contributed by atoms with Crippen molar-refractivity contribution in [2.45, 2.75) is 38.7 Å². The number of halogens is 2. The molecular weight excluding hydrogens is 198 g/mol. The zero-order valence-corrected chi connectivity index (χ0v) is 9.97. The number of piperidine rings is 1. The molecule has 2 nitrogen and oxygen atoms in total. The van der Waals surface area contributed by atoms with Gasteiger partial charge in [0.15, 0.2) is 0 Å². The molecule has 0 N–H and O–H groups in total. The Morgan fingerprint density at radius 3 is 2.60 bits per heavy atom. The normalized spacial score (nSPS) is 22.6. The van der Waals surface area contributed by atoms with Gasteiger partial charge in [0.1, 0.15) is 0 Å². The average molecular weight is 220 g/mol. The van der Waals surface area contributed by atoms with Crippen molar-refractivity contribution >= 4 is 0 Å². The van der Waals surface area contributed by atoms with Gasteiger partial charge in [0.25, 0.3) is 5.92 Å². The molecule has 0 aromatic heterocycles. The van der Waals surface area contributed by atoms with Crippen molar-refractivity contribution in [3.63, 3.8) is 0 Å². The molecule has 0 bridgehead atoms. The highest BCUT2D eigenvalue weighted by Gasteiger charge is 2.34. The van der Waals surface area contributed by atoms with Crippen molar-refractivity contribution in [3.8, 4) is 0 Å². The average Bonchev–Trinajstić information content (AvgIpc) is 2.12. The zero-order valence-electron chi connectivity index (χ0n) is 9.97. The van der Waals surface area contributed by atoms with E-state index in [2.05, 4.69) is 18.7 Å². The number of rotatable bonds is 4. The van der Waals surface area contributed by atoms with Gasteiger partial charge in [0.2, 0.25) is 0 Å². The molecule has 0 aromatic rings. The summed E-state index contributed by atoms with van der Waals surface area (Å²) in [5.41, 5.74) is 0. The quantitative estimate of drug-likeness (QED) is 0.715. The van der Waals surface area contributed by atoms with Crippen LogP contribution in [-0.2, 0) is 0 Å². The summed E-state index contributed by atoms with van der Waals surface area (Å²) in [6.07, 6.45) is 0.682. The molecule has 0 spiro atoms. The van der Waals surface area contributed by atoms with E-state index in [0.29, 0.717) is 12.5 Å². The first-order chi connectivity index (χ1) is 6.91. The zero-order chi connectivity index (χ0) is 11.5. The summed E-state index contributed by atoms with van der Waals surface area (Å²) in [5.74, 6) is -2.46. The molecule has 1 saturated heterocycles. The largest absolute Gasteiger partial charge is 0.303 e. The summed E-state index contributed by atoms with van der Waals surface area (Å²) >= 11 is 0. The molecule has 4 heteroatoms. The van der Waals surface area contributed by atoms with Crippen LogP contribution in [0.25, 0.3) is 0 Å². The van der Waals surface area contributed by atoms with E-state index < -0.39 is 5.92 Å². The Morgan fingerprint density at radius 2 is 2.07 bits per heavy atom. The fourth-order valence-electron chi connectivity index (χ4n) is 1.79. The lowest BCUT2D eigenvalue weighted by molar-refractivity contribution is -0.0651. The number of nitrogens with zero attached hydrogens (tertiary/aromatic N) is 2. The van der Waals surface area contributed by atoms with Gasteiger partial charge in [-0.05, 0) is 33.9 Å². The minimum atomic E-state index is -2.46. The van der Waals surface area contributed by atoms with E-state index in [4.69, 9.17) is 0 Å². The third-order valence-corrected chi connectivity index (χ3v) is 3.12. The molecule has 1 fully saturated rings. The second-order valence-electron chi connectivity index (χ2n) is 4.81. The van der Waals surface area contributed by atoms with Crippen LogP contribution in [0, 0.1) is 0 Å². The molecule has 1 aliphatic heterocycles. The lowest BCUT2D eigenvalue weighted by Crippen LogP contribution is -2.45. The Kier molecular flexibility index (Phi) is 4.46. The molecule has 15 heavy (non-hydrogen) atoms. The SMILES string of the molecule is CC(C)N(C)CCN1CCCC(F)(F)C1. The molecule has 0 saturated carbocycles. The molecule has 0 amide bonds.